The van der Waals surface area contributed by atoms with E-state index >= 15 is 0 Å². The number of phenols is 1. The molecule has 108 valence electrons. The average Bonchev–Trinajstić information content (AvgIpc) is 2.49. The first-order valence-corrected chi connectivity index (χ1v) is 7.11. The van der Waals surface area contributed by atoms with Crippen LogP contribution in [0.15, 0.2) is 48.5 Å². The number of aromatic hydroxyl groups is 1. The Morgan fingerprint density at radius 1 is 1.14 bits per heavy atom. The normalized spacial score (nSPS) is 13.2. The summed E-state index contributed by atoms with van der Waals surface area (Å²) in [5, 5.41) is 22.6. The first-order valence-electron chi connectivity index (χ1n) is 6.74. The van der Waals surface area contributed by atoms with Gasteiger partial charge in [0.05, 0.1) is 6.07 Å². The van der Waals surface area contributed by atoms with Crippen LogP contribution in [0.2, 0.25) is 5.02 Å². The van der Waals surface area contributed by atoms with E-state index in [0.29, 0.717) is 11.4 Å². The van der Waals surface area contributed by atoms with Crippen molar-refractivity contribution >= 4 is 17.3 Å². The Morgan fingerprint density at radius 2 is 1.76 bits per heavy atom. The fourth-order valence-corrected chi connectivity index (χ4v) is 2.18. The lowest BCUT2D eigenvalue weighted by molar-refractivity contribution is 0.475. The highest BCUT2D eigenvalue weighted by atomic mass is 35.5. The molecule has 2 rings (SSSR count). The summed E-state index contributed by atoms with van der Waals surface area (Å²) in [5.74, 6) is 0.251. The molecule has 0 spiro atoms. The molecule has 0 bridgehead atoms. The Kier molecular flexibility index (Phi) is 4.72. The first kappa shape index (κ1) is 15.2. The van der Waals surface area contributed by atoms with Crippen molar-refractivity contribution in [2.45, 2.75) is 25.3 Å². The minimum atomic E-state index is -0.661. The Morgan fingerprint density at radius 3 is 2.33 bits per heavy atom. The number of rotatable bonds is 5. The SMILES string of the molecule is CC(C#N)(CCc1ccc(O)cc1)Nc1ccc(Cl)cc1. The third-order valence-electron chi connectivity index (χ3n) is 3.36. The predicted octanol–water partition coefficient (Wildman–Crippen LogP) is 4.37. The van der Waals surface area contributed by atoms with Gasteiger partial charge in [0, 0.05) is 10.7 Å². The molecule has 0 fully saturated rings. The number of nitrogens with one attached hydrogen (secondary N) is 1. The second-order valence-electron chi connectivity index (χ2n) is 5.24. The highest BCUT2D eigenvalue weighted by Gasteiger charge is 2.23. The molecule has 2 aromatic rings. The van der Waals surface area contributed by atoms with Crippen molar-refractivity contribution in [2.24, 2.45) is 0 Å². The predicted molar refractivity (Wildman–Crippen MR) is 85.5 cm³/mol. The maximum Gasteiger partial charge on any atom is 0.122 e. The largest absolute Gasteiger partial charge is 0.508 e. The summed E-state index contributed by atoms with van der Waals surface area (Å²) in [4.78, 5) is 0. The zero-order valence-corrected chi connectivity index (χ0v) is 12.6. The van der Waals surface area contributed by atoms with Crippen LogP contribution in [0.5, 0.6) is 5.75 Å². The van der Waals surface area contributed by atoms with Gasteiger partial charge in [-0.15, -0.1) is 0 Å². The lowest BCUT2D eigenvalue weighted by atomic mass is 9.94. The Balaban J connectivity index is 2.02. The van der Waals surface area contributed by atoms with E-state index in [1.54, 1.807) is 24.3 Å². The molecule has 21 heavy (non-hydrogen) atoms. The summed E-state index contributed by atoms with van der Waals surface area (Å²) in [6.45, 7) is 1.88. The number of anilines is 1. The van der Waals surface area contributed by atoms with Gasteiger partial charge in [-0.3, -0.25) is 0 Å². The van der Waals surface area contributed by atoms with Gasteiger partial charge in [0.25, 0.3) is 0 Å². The van der Waals surface area contributed by atoms with Gasteiger partial charge in [-0.2, -0.15) is 5.26 Å². The maximum absolute atomic E-state index is 9.44. The minimum absolute atomic E-state index is 0.251. The van der Waals surface area contributed by atoms with Crippen LogP contribution in [-0.4, -0.2) is 10.6 Å². The van der Waals surface area contributed by atoms with Crippen molar-refractivity contribution in [2.75, 3.05) is 5.32 Å². The molecule has 0 amide bonds. The van der Waals surface area contributed by atoms with Crippen LogP contribution in [0.3, 0.4) is 0 Å². The van der Waals surface area contributed by atoms with E-state index in [4.69, 9.17) is 11.6 Å². The Labute approximate surface area is 129 Å². The van der Waals surface area contributed by atoms with Crippen molar-refractivity contribution in [3.05, 3.63) is 59.1 Å². The molecule has 2 N–H and O–H groups in total. The summed E-state index contributed by atoms with van der Waals surface area (Å²) in [6.07, 6.45) is 1.42. The fourth-order valence-electron chi connectivity index (χ4n) is 2.06. The second kappa shape index (κ2) is 6.51. The van der Waals surface area contributed by atoms with Crippen LogP contribution in [0.1, 0.15) is 18.9 Å². The van der Waals surface area contributed by atoms with Gasteiger partial charge in [-0.25, -0.2) is 0 Å². The van der Waals surface area contributed by atoms with Gasteiger partial charge in [0.2, 0.25) is 0 Å². The standard InChI is InChI=1S/C17H17ClN2O/c1-17(12-19,20-15-6-4-14(18)5-7-15)11-10-13-2-8-16(21)9-3-13/h2-9,20-21H,10-11H2,1H3. The van der Waals surface area contributed by atoms with Crippen LogP contribution >= 0.6 is 11.6 Å². The molecular formula is C17H17ClN2O. The number of phenolic OH excluding ortho intramolecular Hbond substituents is 1. The number of halogens is 1. The molecule has 0 aliphatic heterocycles. The molecule has 4 heteroatoms. The summed E-state index contributed by atoms with van der Waals surface area (Å²) < 4.78 is 0. The van der Waals surface area contributed by atoms with Crippen molar-refractivity contribution in [1.29, 1.82) is 5.26 Å². The van der Waals surface area contributed by atoms with Gasteiger partial charge < -0.3 is 10.4 Å². The number of hydrogen-bond donors (Lipinski definition) is 2. The van der Waals surface area contributed by atoms with Gasteiger partial charge in [0.15, 0.2) is 0 Å². The van der Waals surface area contributed by atoms with Crippen molar-refractivity contribution in [1.82, 2.24) is 0 Å². The van der Waals surface area contributed by atoms with E-state index < -0.39 is 5.54 Å². The quantitative estimate of drug-likeness (QED) is 0.862. The van der Waals surface area contributed by atoms with Crippen LogP contribution in [-0.2, 0) is 6.42 Å². The average molecular weight is 301 g/mol. The van der Waals surface area contributed by atoms with Crippen LogP contribution in [0.25, 0.3) is 0 Å². The van der Waals surface area contributed by atoms with Crippen molar-refractivity contribution in [3.8, 4) is 11.8 Å². The molecule has 0 saturated heterocycles. The van der Waals surface area contributed by atoms with E-state index in [2.05, 4.69) is 11.4 Å². The Bertz CT molecular complexity index is 631. The lowest BCUT2D eigenvalue weighted by Gasteiger charge is -2.24. The molecule has 0 aliphatic carbocycles. The summed E-state index contributed by atoms with van der Waals surface area (Å²) in [7, 11) is 0. The third-order valence-corrected chi connectivity index (χ3v) is 3.61. The molecule has 0 radical (unpaired) electrons. The van der Waals surface area contributed by atoms with Crippen molar-refractivity contribution < 1.29 is 5.11 Å². The molecular weight excluding hydrogens is 284 g/mol. The molecule has 0 heterocycles. The van der Waals surface area contributed by atoms with Gasteiger partial charge in [-0.05, 0) is 61.7 Å². The summed E-state index contributed by atoms with van der Waals surface area (Å²) in [5.41, 5.74) is 1.30. The van der Waals surface area contributed by atoms with Gasteiger partial charge >= 0.3 is 0 Å². The van der Waals surface area contributed by atoms with Crippen LogP contribution in [0.4, 0.5) is 5.69 Å². The molecule has 1 atom stereocenters. The third kappa shape index (κ3) is 4.40. The molecule has 2 aromatic carbocycles. The highest BCUT2D eigenvalue weighted by Crippen LogP contribution is 2.22. The molecule has 0 aromatic heterocycles. The minimum Gasteiger partial charge on any atom is -0.508 e. The molecule has 1 unspecified atom stereocenters. The van der Waals surface area contributed by atoms with E-state index in [-0.39, 0.29) is 5.75 Å². The van der Waals surface area contributed by atoms with Gasteiger partial charge in [-0.1, -0.05) is 23.7 Å². The van der Waals surface area contributed by atoms with E-state index in [1.165, 1.54) is 0 Å². The zero-order chi connectivity index (χ0) is 15.3. The van der Waals surface area contributed by atoms with E-state index in [1.807, 2.05) is 31.2 Å². The van der Waals surface area contributed by atoms with E-state index in [9.17, 15) is 10.4 Å². The molecule has 0 saturated carbocycles. The Hall–Kier alpha value is -2.18. The van der Waals surface area contributed by atoms with Crippen molar-refractivity contribution in [3.63, 3.8) is 0 Å². The first-order chi connectivity index (χ1) is 10.0. The monoisotopic (exact) mass is 300 g/mol. The van der Waals surface area contributed by atoms with Crippen LogP contribution < -0.4 is 5.32 Å². The number of hydrogen-bond acceptors (Lipinski definition) is 3. The van der Waals surface area contributed by atoms with Crippen LogP contribution in [0, 0.1) is 11.3 Å². The smallest absolute Gasteiger partial charge is 0.122 e. The topological polar surface area (TPSA) is 56.0 Å². The highest BCUT2D eigenvalue weighted by molar-refractivity contribution is 6.30. The second-order valence-corrected chi connectivity index (χ2v) is 5.68. The molecule has 3 nitrogen and oxygen atoms in total. The fraction of sp³-hybridized carbons (Fsp3) is 0.235. The maximum atomic E-state index is 9.44. The summed E-state index contributed by atoms with van der Waals surface area (Å²) in [6, 6.07) is 16.7. The summed E-state index contributed by atoms with van der Waals surface area (Å²) >= 11 is 5.86. The number of nitrogens with zero attached hydrogens (tertiary/aromatic N) is 1. The zero-order valence-electron chi connectivity index (χ0n) is 11.8. The van der Waals surface area contributed by atoms with E-state index in [0.717, 1.165) is 17.7 Å². The number of benzene rings is 2. The van der Waals surface area contributed by atoms with Gasteiger partial charge in [0.1, 0.15) is 11.3 Å². The lowest BCUT2D eigenvalue weighted by Crippen LogP contribution is -2.33. The number of aryl methyl sites for hydroxylation is 1. The number of nitriles is 1. The molecule has 0 aliphatic rings.